The molecule has 19 heavy (non-hydrogen) atoms. The molecular weight excluding hydrogens is 240 g/mol. The summed E-state index contributed by atoms with van der Waals surface area (Å²) in [6.45, 7) is 3.47. The number of methoxy groups -OCH3 is 1. The highest BCUT2D eigenvalue weighted by Gasteiger charge is 2.41. The Morgan fingerprint density at radius 1 is 1.47 bits per heavy atom. The molecule has 3 unspecified atom stereocenters. The number of rotatable bonds is 6. The van der Waals surface area contributed by atoms with Crippen LogP contribution in [0.1, 0.15) is 24.5 Å². The number of nitriles is 1. The highest BCUT2D eigenvalue weighted by molar-refractivity contribution is 5.32. The summed E-state index contributed by atoms with van der Waals surface area (Å²) in [4.78, 5) is 0. The smallest absolute Gasteiger partial charge is 0.0991 e. The lowest BCUT2D eigenvalue weighted by atomic mass is 9.85. The average molecular weight is 260 g/mol. The maximum absolute atomic E-state index is 8.86. The monoisotopic (exact) mass is 260 g/mol. The maximum atomic E-state index is 8.86. The molecule has 1 aliphatic carbocycles. The van der Waals surface area contributed by atoms with Gasteiger partial charge in [-0.15, -0.1) is 0 Å². The molecule has 0 bridgehead atoms. The molecule has 0 spiro atoms. The summed E-state index contributed by atoms with van der Waals surface area (Å²) in [5.74, 6) is 0. The zero-order valence-electron chi connectivity index (χ0n) is 11.4. The SMILES string of the molecule is CCOC1CC(NCc2cccc(C#N)c2)C1OC. The molecule has 1 aliphatic rings. The molecule has 1 aromatic rings. The van der Waals surface area contributed by atoms with Crippen LogP contribution in [0.4, 0.5) is 0 Å². The van der Waals surface area contributed by atoms with Crippen LogP contribution in [0.3, 0.4) is 0 Å². The van der Waals surface area contributed by atoms with E-state index < -0.39 is 0 Å². The molecule has 1 N–H and O–H groups in total. The Kier molecular flexibility index (Phi) is 4.92. The summed E-state index contributed by atoms with van der Waals surface area (Å²) < 4.78 is 11.0. The van der Waals surface area contributed by atoms with E-state index in [0.717, 1.165) is 25.1 Å². The van der Waals surface area contributed by atoms with Gasteiger partial charge >= 0.3 is 0 Å². The fourth-order valence-corrected chi connectivity index (χ4v) is 2.47. The Bertz CT molecular complexity index is 456. The Hall–Kier alpha value is -1.41. The molecule has 1 fully saturated rings. The topological polar surface area (TPSA) is 54.3 Å². The second-order valence-corrected chi connectivity index (χ2v) is 4.73. The van der Waals surface area contributed by atoms with Crippen molar-refractivity contribution < 1.29 is 9.47 Å². The third-order valence-corrected chi connectivity index (χ3v) is 3.53. The zero-order chi connectivity index (χ0) is 13.7. The minimum Gasteiger partial charge on any atom is -0.377 e. The molecule has 3 atom stereocenters. The van der Waals surface area contributed by atoms with E-state index in [0.29, 0.717) is 11.6 Å². The first-order valence-electron chi connectivity index (χ1n) is 6.65. The van der Waals surface area contributed by atoms with Gasteiger partial charge in [0, 0.05) is 26.3 Å². The summed E-state index contributed by atoms with van der Waals surface area (Å²) in [6, 6.07) is 10.1. The molecular formula is C15H20N2O2. The van der Waals surface area contributed by atoms with Gasteiger partial charge < -0.3 is 14.8 Å². The van der Waals surface area contributed by atoms with E-state index in [1.54, 1.807) is 7.11 Å². The number of benzene rings is 1. The standard InChI is InChI=1S/C15H20N2O2/c1-3-19-14-8-13(15(14)18-2)17-10-12-6-4-5-11(7-12)9-16/h4-7,13-15,17H,3,8,10H2,1-2H3. The number of nitrogens with one attached hydrogen (secondary N) is 1. The summed E-state index contributed by atoms with van der Waals surface area (Å²) in [5.41, 5.74) is 1.82. The van der Waals surface area contributed by atoms with Gasteiger partial charge in [0.15, 0.2) is 0 Å². The van der Waals surface area contributed by atoms with Crippen LogP contribution < -0.4 is 5.32 Å². The van der Waals surface area contributed by atoms with Crippen LogP contribution in [0.15, 0.2) is 24.3 Å². The molecule has 2 rings (SSSR count). The minimum atomic E-state index is 0.124. The van der Waals surface area contributed by atoms with Gasteiger partial charge in [-0.3, -0.25) is 0 Å². The third kappa shape index (κ3) is 3.32. The second kappa shape index (κ2) is 6.67. The van der Waals surface area contributed by atoms with Gasteiger partial charge in [0.05, 0.1) is 23.8 Å². The van der Waals surface area contributed by atoms with Gasteiger partial charge in [-0.25, -0.2) is 0 Å². The van der Waals surface area contributed by atoms with Crippen molar-refractivity contribution in [3.63, 3.8) is 0 Å². The first kappa shape index (κ1) is 14.0. The predicted molar refractivity (Wildman–Crippen MR) is 72.6 cm³/mol. The molecule has 1 aromatic carbocycles. The van der Waals surface area contributed by atoms with E-state index in [9.17, 15) is 0 Å². The molecule has 0 aliphatic heterocycles. The predicted octanol–water partition coefficient (Wildman–Crippen LogP) is 1.84. The lowest BCUT2D eigenvalue weighted by Gasteiger charge is -2.43. The number of nitrogens with zero attached hydrogens (tertiary/aromatic N) is 1. The van der Waals surface area contributed by atoms with E-state index in [4.69, 9.17) is 14.7 Å². The molecule has 102 valence electrons. The zero-order valence-corrected chi connectivity index (χ0v) is 11.4. The van der Waals surface area contributed by atoms with E-state index in [1.165, 1.54) is 0 Å². The lowest BCUT2D eigenvalue weighted by Crippen LogP contribution is -2.59. The van der Waals surface area contributed by atoms with Crippen LogP contribution >= 0.6 is 0 Å². The van der Waals surface area contributed by atoms with Crippen LogP contribution in [-0.4, -0.2) is 32.0 Å². The van der Waals surface area contributed by atoms with E-state index in [-0.39, 0.29) is 12.2 Å². The van der Waals surface area contributed by atoms with E-state index >= 15 is 0 Å². The summed E-state index contributed by atoms with van der Waals surface area (Å²) in [7, 11) is 1.72. The van der Waals surface area contributed by atoms with Crippen LogP contribution in [0.25, 0.3) is 0 Å². The van der Waals surface area contributed by atoms with Gasteiger partial charge in [-0.05, 0) is 31.0 Å². The summed E-state index contributed by atoms with van der Waals surface area (Å²) in [5, 5.41) is 12.3. The van der Waals surface area contributed by atoms with Crippen LogP contribution in [0.5, 0.6) is 0 Å². The van der Waals surface area contributed by atoms with Crippen molar-refractivity contribution in [1.82, 2.24) is 5.32 Å². The highest BCUT2D eigenvalue weighted by Crippen LogP contribution is 2.27. The Balaban J connectivity index is 1.84. The number of hydrogen-bond acceptors (Lipinski definition) is 4. The molecule has 1 saturated carbocycles. The summed E-state index contributed by atoms with van der Waals surface area (Å²) >= 11 is 0. The van der Waals surface area contributed by atoms with Crippen molar-refractivity contribution >= 4 is 0 Å². The molecule has 0 radical (unpaired) electrons. The van der Waals surface area contributed by atoms with E-state index in [2.05, 4.69) is 11.4 Å². The molecule has 0 amide bonds. The first-order valence-corrected chi connectivity index (χ1v) is 6.65. The quantitative estimate of drug-likeness (QED) is 0.848. The Morgan fingerprint density at radius 3 is 3.00 bits per heavy atom. The molecule has 0 aromatic heterocycles. The lowest BCUT2D eigenvalue weighted by molar-refractivity contribution is -0.131. The average Bonchev–Trinajstić information content (AvgIpc) is 2.42. The number of ether oxygens (including phenoxy) is 2. The molecule has 4 nitrogen and oxygen atoms in total. The van der Waals surface area contributed by atoms with Crippen LogP contribution in [0, 0.1) is 11.3 Å². The molecule has 0 heterocycles. The molecule has 0 saturated heterocycles. The summed E-state index contributed by atoms with van der Waals surface area (Å²) in [6.07, 6.45) is 1.31. The normalized spacial score (nSPS) is 25.6. The first-order chi connectivity index (χ1) is 9.28. The van der Waals surface area contributed by atoms with Gasteiger partial charge in [0.25, 0.3) is 0 Å². The van der Waals surface area contributed by atoms with E-state index in [1.807, 2.05) is 31.2 Å². The van der Waals surface area contributed by atoms with Crippen molar-refractivity contribution in [2.24, 2.45) is 0 Å². The van der Waals surface area contributed by atoms with Gasteiger partial charge in [0.1, 0.15) is 0 Å². The van der Waals surface area contributed by atoms with Crippen molar-refractivity contribution in [2.75, 3.05) is 13.7 Å². The minimum absolute atomic E-state index is 0.124. The number of hydrogen-bond donors (Lipinski definition) is 1. The largest absolute Gasteiger partial charge is 0.377 e. The van der Waals surface area contributed by atoms with Crippen molar-refractivity contribution in [1.29, 1.82) is 5.26 Å². The fraction of sp³-hybridized carbons (Fsp3) is 0.533. The Labute approximate surface area is 114 Å². The van der Waals surface area contributed by atoms with Crippen molar-refractivity contribution in [2.45, 2.75) is 38.1 Å². The highest BCUT2D eigenvalue weighted by atomic mass is 16.5. The van der Waals surface area contributed by atoms with Crippen LogP contribution in [0.2, 0.25) is 0 Å². The maximum Gasteiger partial charge on any atom is 0.0991 e. The van der Waals surface area contributed by atoms with Crippen molar-refractivity contribution in [3.8, 4) is 6.07 Å². The molecule has 4 heteroatoms. The van der Waals surface area contributed by atoms with Crippen molar-refractivity contribution in [3.05, 3.63) is 35.4 Å². The van der Waals surface area contributed by atoms with Gasteiger partial charge in [-0.2, -0.15) is 5.26 Å². The third-order valence-electron chi connectivity index (χ3n) is 3.53. The second-order valence-electron chi connectivity index (χ2n) is 4.73. The van der Waals surface area contributed by atoms with Gasteiger partial charge in [0.2, 0.25) is 0 Å². The fourth-order valence-electron chi connectivity index (χ4n) is 2.47. The van der Waals surface area contributed by atoms with Gasteiger partial charge in [-0.1, -0.05) is 12.1 Å². The Morgan fingerprint density at radius 2 is 2.32 bits per heavy atom. The van der Waals surface area contributed by atoms with Crippen LogP contribution in [-0.2, 0) is 16.0 Å².